The summed E-state index contributed by atoms with van der Waals surface area (Å²) in [5, 5.41) is 7.39. The van der Waals surface area contributed by atoms with Crippen molar-refractivity contribution < 1.29 is 28.1 Å². The number of carbonyl (C=O) groups is 1. The zero-order valence-corrected chi connectivity index (χ0v) is 17.4. The zero-order chi connectivity index (χ0) is 18.6. The molecule has 1 aliphatic rings. The molecule has 7 nitrogen and oxygen atoms in total. The van der Waals surface area contributed by atoms with Crippen LogP contribution in [0.5, 0.6) is 0 Å². The number of carbonyl (C=O) groups excluding carboxylic acids is 1. The number of hydrogen-bond donors (Lipinski definition) is 1. The first-order valence-corrected chi connectivity index (χ1v) is 8.32. The SMILES string of the molecule is C=C/C(Nc1ncc2c(n1)CN(C(=O)OC(C)(C)C)C2)=C(/CC)[N-]C.[V]. The predicted octanol–water partition coefficient (Wildman–Crippen LogP) is 3.95. The Morgan fingerprint density at radius 2 is 2.15 bits per heavy atom. The Hall–Kier alpha value is -1.99. The number of ether oxygens (including phenoxy) is 1. The number of anilines is 1. The van der Waals surface area contributed by atoms with Gasteiger partial charge >= 0.3 is 6.09 Å². The topological polar surface area (TPSA) is 81.5 Å². The van der Waals surface area contributed by atoms with Crippen molar-refractivity contribution in [3.8, 4) is 0 Å². The maximum atomic E-state index is 12.2. The minimum atomic E-state index is -0.520. The van der Waals surface area contributed by atoms with Gasteiger partial charge in [-0.25, -0.2) is 14.8 Å². The van der Waals surface area contributed by atoms with E-state index in [-0.39, 0.29) is 24.6 Å². The summed E-state index contributed by atoms with van der Waals surface area (Å²) in [6, 6.07) is 0. The first-order chi connectivity index (χ1) is 11.8. The van der Waals surface area contributed by atoms with Crippen LogP contribution >= 0.6 is 0 Å². The van der Waals surface area contributed by atoms with Crippen LogP contribution in [0.15, 0.2) is 30.2 Å². The molecule has 1 N–H and O–H groups in total. The van der Waals surface area contributed by atoms with Crippen molar-refractivity contribution in [2.45, 2.75) is 52.8 Å². The third-order valence-corrected chi connectivity index (χ3v) is 3.67. The second-order valence-corrected chi connectivity index (χ2v) is 6.77. The molecule has 0 aliphatic carbocycles. The molecule has 1 aromatic rings. The number of amides is 1. The molecule has 0 atom stereocenters. The van der Waals surface area contributed by atoms with Gasteiger partial charge in [0.15, 0.2) is 0 Å². The first-order valence-electron chi connectivity index (χ1n) is 8.32. The molecule has 2 rings (SSSR count). The van der Waals surface area contributed by atoms with Crippen LogP contribution in [0.25, 0.3) is 5.32 Å². The Kier molecular flexibility index (Phi) is 7.72. The number of fused-ring (bicyclic) bond motifs is 1. The fourth-order valence-electron chi connectivity index (χ4n) is 2.50. The van der Waals surface area contributed by atoms with Crippen LogP contribution in [0.1, 0.15) is 45.4 Å². The minimum absolute atomic E-state index is 0. The van der Waals surface area contributed by atoms with Crippen LogP contribution in [0, 0.1) is 0 Å². The van der Waals surface area contributed by atoms with E-state index in [9.17, 15) is 4.79 Å². The predicted molar refractivity (Wildman–Crippen MR) is 97.9 cm³/mol. The van der Waals surface area contributed by atoms with Gasteiger partial charge in [0, 0.05) is 36.0 Å². The van der Waals surface area contributed by atoms with E-state index in [1.807, 2.05) is 27.7 Å². The second kappa shape index (κ2) is 9.10. The summed E-state index contributed by atoms with van der Waals surface area (Å²) in [6.45, 7) is 12.3. The summed E-state index contributed by atoms with van der Waals surface area (Å²) in [5.41, 5.74) is 2.91. The van der Waals surface area contributed by atoms with Crippen molar-refractivity contribution in [1.29, 1.82) is 0 Å². The molecule has 0 saturated heterocycles. The van der Waals surface area contributed by atoms with Crippen LogP contribution < -0.4 is 5.32 Å². The van der Waals surface area contributed by atoms with E-state index in [1.54, 1.807) is 24.2 Å². The van der Waals surface area contributed by atoms with Crippen LogP contribution in [-0.2, 0) is 36.4 Å². The van der Waals surface area contributed by atoms with E-state index in [4.69, 9.17) is 4.74 Å². The molecule has 0 bridgehead atoms. The number of rotatable bonds is 5. The van der Waals surface area contributed by atoms with Gasteiger partial charge in [-0.3, -0.25) is 4.90 Å². The molecule has 0 saturated carbocycles. The molecule has 2 heterocycles. The fourth-order valence-corrected chi connectivity index (χ4v) is 2.50. The largest absolute Gasteiger partial charge is 0.689 e. The summed E-state index contributed by atoms with van der Waals surface area (Å²) < 4.78 is 5.42. The summed E-state index contributed by atoms with van der Waals surface area (Å²) >= 11 is 0. The Balaban J connectivity index is 0.00000338. The van der Waals surface area contributed by atoms with Gasteiger partial charge < -0.3 is 15.4 Å². The Labute approximate surface area is 167 Å². The van der Waals surface area contributed by atoms with E-state index in [1.165, 1.54) is 0 Å². The maximum Gasteiger partial charge on any atom is 0.410 e. The Bertz CT molecular complexity index is 691. The molecule has 0 spiro atoms. The van der Waals surface area contributed by atoms with Gasteiger partial charge in [0.1, 0.15) is 5.60 Å². The van der Waals surface area contributed by atoms with Crippen LogP contribution in [0.2, 0.25) is 0 Å². The quantitative estimate of drug-likeness (QED) is 0.764. The normalized spacial score (nSPS) is 14.0. The molecule has 0 aromatic carbocycles. The van der Waals surface area contributed by atoms with Gasteiger partial charge in [-0.2, -0.15) is 0 Å². The molecule has 1 amide bonds. The number of hydrogen-bond acceptors (Lipinski definition) is 5. The van der Waals surface area contributed by atoms with Gasteiger partial charge in [0.2, 0.25) is 5.95 Å². The van der Waals surface area contributed by atoms with Crippen molar-refractivity contribution in [2.75, 3.05) is 12.4 Å². The fraction of sp³-hybridized carbons (Fsp3) is 0.500. The molecule has 26 heavy (non-hydrogen) atoms. The maximum absolute atomic E-state index is 12.2. The summed E-state index contributed by atoms with van der Waals surface area (Å²) in [6.07, 6.45) is 3.88. The van der Waals surface area contributed by atoms with E-state index in [2.05, 4.69) is 27.2 Å². The molecular weight excluding hydrogens is 369 g/mol. The average Bonchev–Trinajstić information content (AvgIpc) is 2.96. The van der Waals surface area contributed by atoms with Gasteiger partial charge in [-0.15, -0.1) is 12.7 Å². The molecule has 1 aromatic heterocycles. The monoisotopic (exact) mass is 395 g/mol. The molecule has 0 unspecified atom stereocenters. The molecule has 141 valence electrons. The average molecular weight is 395 g/mol. The molecule has 8 heteroatoms. The van der Waals surface area contributed by atoms with Crippen LogP contribution in [0.3, 0.4) is 0 Å². The zero-order valence-electron chi connectivity index (χ0n) is 16.0. The van der Waals surface area contributed by atoms with Crippen molar-refractivity contribution in [2.24, 2.45) is 0 Å². The Morgan fingerprint density at radius 1 is 1.46 bits per heavy atom. The third kappa shape index (κ3) is 5.51. The number of aromatic nitrogens is 2. The van der Waals surface area contributed by atoms with Crippen LogP contribution in [-0.4, -0.2) is 33.6 Å². The third-order valence-electron chi connectivity index (χ3n) is 3.67. The molecular formula is C18H26N5O2V-. The van der Waals surface area contributed by atoms with Crippen LogP contribution in [0.4, 0.5) is 10.7 Å². The van der Waals surface area contributed by atoms with Gasteiger partial charge in [-0.1, -0.05) is 13.5 Å². The standard InChI is InChI=1S/C18H26N5O2.V/c1-7-13(19-6)14(8-2)21-16-20-9-12-10-23(11-15(12)22-16)17(24)25-18(3,4)5;/h8-9H,2,7,10-11H2,1,3-6H3,(H,20,21,22);/q-1;/b14-13+;. The summed E-state index contributed by atoms with van der Waals surface area (Å²) in [7, 11) is 1.74. The summed E-state index contributed by atoms with van der Waals surface area (Å²) in [5.74, 6) is 0.467. The van der Waals surface area contributed by atoms with E-state index in [0.29, 0.717) is 19.0 Å². The van der Waals surface area contributed by atoms with Crippen molar-refractivity contribution in [3.63, 3.8) is 0 Å². The molecule has 0 fully saturated rings. The number of allylic oxidation sites excluding steroid dienone is 2. The van der Waals surface area contributed by atoms with Crippen molar-refractivity contribution >= 4 is 12.0 Å². The van der Waals surface area contributed by atoms with E-state index in [0.717, 1.165) is 29.1 Å². The number of nitrogens with zero attached hydrogens (tertiary/aromatic N) is 4. The number of nitrogens with one attached hydrogen (secondary N) is 1. The summed E-state index contributed by atoms with van der Waals surface area (Å²) in [4.78, 5) is 22.7. The second-order valence-electron chi connectivity index (χ2n) is 6.77. The van der Waals surface area contributed by atoms with Gasteiger partial charge in [0.05, 0.1) is 18.8 Å². The van der Waals surface area contributed by atoms with E-state index >= 15 is 0 Å². The van der Waals surface area contributed by atoms with Gasteiger partial charge in [0.25, 0.3) is 0 Å². The molecule has 1 aliphatic heterocycles. The Morgan fingerprint density at radius 3 is 2.69 bits per heavy atom. The van der Waals surface area contributed by atoms with Crippen molar-refractivity contribution in [3.05, 3.63) is 46.8 Å². The van der Waals surface area contributed by atoms with Crippen molar-refractivity contribution in [1.82, 2.24) is 14.9 Å². The van der Waals surface area contributed by atoms with E-state index < -0.39 is 5.60 Å². The first kappa shape index (κ1) is 22.1. The van der Waals surface area contributed by atoms with Gasteiger partial charge in [-0.05, 0) is 33.3 Å². The smallest absolute Gasteiger partial charge is 0.410 e. The molecule has 1 radical (unpaired) electrons. The minimum Gasteiger partial charge on any atom is -0.689 e.